The maximum atomic E-state index is 12.4. The summed E-state index contributed by atoms with van der Waals surface area (Å²) in [6.45, 7) is 5.58. The van der Waals surface area contributed by atoms with Crippen LogP contribution in [-0.2, 0) is 0 Å². The Morgan fingerprint density at radius 3 is 2.46 bits per heavy atom. The van der Waals surface area contributed by atoms with E-state index >= 15 is 0 Å². The van der Waals surface area contributed by atoms with Gasteiger partial charge in [-0.3, -0.25) is 4.79 Å². The molecule has 0 bridgehead atoms. The molecule has 1 aromatic carbocycles. The fraction of sp³-hybridized carbons (Fsp3) is 0.353. The van der Waals surface area contributed by atoms with E-state index in [0.29, 0.717) is 28.8 Å². The quantitative estimate of drug-likeness (QED) is 0.841. The van der Waals surface area contributed by atoms with Crippen molar-refractivity contribution < 1.29 is 14.3 Å². The van der Waals surface area contributed by atoms with Crippen LogP contribution in [0.3, 0.4) is 0 Å². The highest BCUT2D eigenvalue weighted by atomic mass is 16.5. The average Bonchev–Trinajstić information content (AvgIpc) is 2.63. The minimum Gasteiger partial charge on any atom is -0.493 e. The average molecular weight is 330 g/mol. The van der Waals surface area contributed by atoms with E-state index in [1.165, 1.54) is 0 Å². The summed E-state index contributed by atoms with van der Waals surface area (Å²) in [7, 11) is 3.11. The summed E-state index contributed by atoms with van der Waals surface area (Å²) in [6, 6.07) is 6.76. The number of benzene rings is 1. The van der Waals surface area contributed by atoms with Gasteiger partial charge in [-0.25, -0.2) is 9.97 Å². The summed E-state index contributed by atoms with van der Waals surface area (Å²) in [5.41, 5.74) is 0.905. The highest BCUT2D eigenvalue weighted by molar-refractivity contribution is 6.03. The predicted molar refractivity (Wildman–Crippen MR) is 93.1 cm³/mol. The number of hydrogen-bond acceptors (Lipinski definition) is 6. The molecule has 0 saturated heterocycles. The van der Waals surface area contributed by atoms with Gasteiger partial charge in [-0.1, -0.05) is 0 Å². The van der Waals surface area contributed by atoms with E-state index < -0.39 is 0 Å². The molecule has 1 N–H and O–H groups in total. The monoisotopic (exact) mass is 330 g/mol. The Morgan fingerprint density at radius 1 is 1.12 bits per heavy atom. The Kier molecular flexibility index (Phi) is 5.95. The van der Waals surface area contributed by atoms with Gasteiger partial charge in [0.15, 0.2) is 11.5 Å². The summed E-state index contributed by atoms with van der Waals surface area (Å²) >= 11 is 0. The molecule has 1 amide bonds. The first-order valence-corrected chi connectivity index (χ1v) is 7.74. The van der Waals surface area contributed by atoms with E-state index in [-0.39, 0.29) is 5.91 Å². The number of carbonyl (C=O) groups excluding carboxylic acids is 1. The number of anilines is 2. The Labute approximate surface area is 141 Å². The molecule has 2 rings (SSSR count). The van der Waals surface area contributed by atoms with Gasteiger partial charge >= 0.3 is 0 Å². The predicted octanol–water partition coefficient (Wildman–Crippen LogP) is 2.59. The largest absolute Gasteiger partial charge is 0.493 e. The Morgan fingerprint density at radius 2 is 1.83 bits per heavy atom. The molecule has 0 aliphatic rings. The van der Waals surface area contributed by atoms with Gasteiger partial charge in [-0.05, 0) is 32.0 Å². The number of hydrogen-bond donors (Lipinski definition) is 1. The van der Waals surface area contributed by atoms with Gasteiger partial charge in [0.1, 0.15) is 5.69 Å². The maximum absolute atomic E-state index is 12.4. The van der Waals surface area contributed by atoms with Crippen LogP contribution < -0.4 is 19.7 Å². The number of carbonyl (C=O) groups is 1. The SMILES string of the molecule is CCN(CC)c1nccc(C(=O)Nc2ccc(OC)c(OC)c2)n1. The zero-order valence-corrected chi connectivity index (χ0v) is 14.4. The van der Waals surface area contributed by atoms with E-state index in [0.717, 1.165) is 13.1 Å². The lowest BCUT2D eigenvalue weighted by atomic mass is 10.2. The van der Waals surface area contributed by atoms with Crippen LogP contribution in [0.1, 0.15) is 24.3 Å². The van der Waals surface area contributed by atoms with E-state index in [1.54, 1.807) is 44.7 Å². The molecule has 1 heterocycles. The van der Waals surface area contributed by atoms with Gasteiger partial charge in [0, 0.05) is 31.0 Å². The lowest BCUT2D eigenvalue weighted by Crippen LogP contribution is -2.25. The molecule has 24 heavy (non-hydrogen) atoms. The zero-order chi connectivity index (χ0) is 17.5. The van der Waals surface area contributed by atoms with Crippen molar-refractivity contribution in [1.82, 2.24) is 9.97 Å². The van der Waals surface area contributed by atoms with E-state index in [1.807, 2.05) is 18.7 Å². The number of aromatic nitrogens is 2. The van der Waals surface area contributed by atoms with Crippen LogP contribution in [-0.4, -0.2) is 43.2 Å². The molecule has 2 aromatic rings. The molecular formula is C17H22N4O3. The minimum absolute atomic E-state index is 0.307. The summed E-state index contributed by atoms with van der Waals surface area (Å²) in [4.78, 5) is 23.0. The van der Waals surface area contributed by atoms with Crippen LogP contribution in [0.4, 0.5) is 11.6 Å². The number of rotatable bonds is 7. The summed E-state index contributed by atoms with van der Waals surface area (Å²) < 4.78 is 10.4. The van der Waals surface area contributed by atoms with Crippen molar-refractivity contribution in [1.29, 1.82) is 0 Å². The smallest absolute Gasteiger partial charge is 0.274 e. The van der Waals surface area contributed by atoms with Gasteiger partial charge in [0.05, 0.1) is 14.2 Å². The molecule has 128 valence electrons. The van der Waals surface area contributed by atoms with E-state index in [2.05, 4.69) is 15.3 Å². The van der Waals surface area contributed by atoms with Crippen molar-refractivity contribution in [2.75, 3.05) is 37.5 Å². The van der Waals surface area contributed by atoms with Crippen LogP contribution in [0.15, 0.2) is 30.5 Å². The standard InChI is InChI=1S/C17H22N4O3/c1-5-21(6-2)17-18-10-9-13(20-17)16(22)19-12-7-8-14(23-3)15(11-12)24-4/h7-11H,5-6H2,1-4H3,(H,19,22). The highest BCUT2D eigenvalue weighted by Gasteiger charge is 2.13. The molecule has 7 nitrogen and oxygen atoms in total. The second kappa shape index (κ2) is 8.14. The van der Waals surface area contributed by atoms with Crippen molar-refractivity contribution in [2.45, 2.75) is 13.8 Å². The zero-order valence-electron chi connectivity index (χ0n) is 14.4. The van der Waals surface area contributed by atoms with Crippen molar-refractivity contribution >= 4 is 17.5 Å². The van der Waals surface area contributed by atoms with Gasteiger partial charge in [0.25, 0.3) is 5.91 Å². The number of amides is 1. The van der Waals surface area contributed by atoms with Gasteiger partial charge in [-0.15, -0.1) is 0 Å². The second-order valence-electron chi connectivity index (χ2n) is 4.94. The molecule has 0 aliphatic carbocycles. The van der Waals surface area contributed by atoms with Crippen LogP contribution in [0.2, 0.25) is 0 Å². The lowest BCUT2D eigenvalue weighted by molar-refractivity contribution is 0.102. The Balaban J connectivity index is 2.19. The van der Waals surface area contributed by atoms with Crippen LogP contribution in [0.5, 0.6) is 11.5 Å². The number of nitrogens with one attached hydrogen (secondary N) is 1. The molecule has 0 aliphatic heterocycles. The van der Waals surface area contributed by atoms with Crippen LogP contribution in [0.25, 0.3) is 0 Å². The third-order valence-electron chi connectivity index (χ3n) is 3.56. The Bertz CT molecular complexity index is 702. The number of methoxy groups -OCH3 is 2. The molecule has 0 atom stereocenters. The fourth-order valence-corrected chi connectivity index (χ4v) is 2.24. The molecule has 7 heteroatoms. The van der Waals surface area contributed by atoms with E-state index in [4.69, 9.17) is 9.47 Å². The van der Waals surface area contributed by atoms with Crippen LogP contribution >= 0.6 is 0 Å². The van der Waals surface area contributed by atoms with Crippen molar-refractivity contribution in [3.8, 4) is 11.5 Å². The second-order valence-corrected chi connectivity index (χ2v) is 4.94. The summed E-state index contributed by atoms with van der Waals surface area (Å²) in [5, 5.41) is 2.80. The molecular weight excluding hydrogens is 308 g/mol. The third-order valence-corrected chi connectivity index (χ3v) is 3.56. The first kappa shape index (κ1) is 17.5. The first-order chi connectivity index (χ1) is 11.6. The van der Waals surface area contributed by atoms with E-state index in [9.17, 15) is 4.79 Å². The summed E-state index contributed by atoms with van der Waals surface area (Å²) in [5.74, 6) is 1.38. The van der Waals surface area contributed by atoms with Crippen molar-refractivity contribution in [2.24, 2.45) is 0 Å². The third kappa shape index (κ3) is 3.92. The van der Waals surface area contributed by atoms with Crippen molar-refractivity contribution in [3.05, 3.63) is 36.2 Å². The van der Waals surface area contributed by atoms with Gasteiger partial charge < -0.3 is 19.7 Å². The molecule has 0 unspecified atom stereocenters. The topological polar surface area (TPSA) is 76.6 Å². The first-order valence-electron chi connectivity index (χ1n) is 7.74. The molecule has 0 spiro atoms. The minimum atomic E-state index is -0.307. The molecule has 0 fully saturated rings. The van der Waals surface area contributed by atoms with Gasteiger partial charge in [0.2, 0.25) is 5.95 Å². The van der Waals surface area contributed by atoms with Crippen molar-refractivity contribution in [3.63, 3.8) is 0 Å². The molecule has 0 saturated carbocycles. The molecule has 1 aromatic heterocycles. The van der Waals surface area contributed by atoms with Gasteiger partial charge in [-0.2, -0.15) is 0 Å². The fourth-order valence-electron chi connectivity index (χ4n) is 2.24. The molecule has 0 radical (unpaired) electrons. The number of nitrogens with zero attached hydrogens (tertiary/aromatic N) is 3. The Hall–Kier alpha value is -2.83. The normalized spacial score (nSPS) is 10.2. The lowest BCUT2D eigenvalue weighted by Gasteiger charge is -2.18. The summed E-state index contributed by atoms with van der Waals surface area (Å²) in [6.07, 6.45) is 1.59. The highest BCUT2D eigenvalue weighted by Crippen LogP contribution is 2.29. The maximum Gasteiger partial charge on any atom is 0.274 e. The number of ether oxygens (including phenoxy) is 2. The van der Waals surface area contributed by atoms with Crippen LogP contribution in [0, 0.1) is 0 Å².